The van der Waals surface area contributed by atoms with Crippen molar-refractivity contribution in [2.75, 3.05) is 13.6 Å². The van der Waals surface area contributed by atoms with Crippen LogP contribution in [-0.2, 0) is 5.41 Å². The Morgan fingerprint density at radius 2 is 2.07 bits per heavy atom. The predicted molar refractivity (Wildman–Crippen MR) is 66.1 cm³/mol. The largest absolute Gasteiger partial charge is 0.319 e. The van der Waals surface area contributed by atoms with Gasteiger partial charge in [0, 0.05) is 16.4 Å². The van der Waals surface area contributed by atoms with Crippen LogP contribution in [0.1, 0.15) is 19.4 Å². The summed E-state index contributed by atoms with van der Waals surface area (Å²) in [5.74, 6) is 0. The van der Waals surface area contributed by atoms with E-state index in [1.54, 1.807) is 0 Å². The Balaban J connectivity index is 3.01. The Labute approximate surface area is 99.0 Å². The summed E-state index contributed by atoms with van der Waals surface area (Å²) in [7, 11) is 1.96. The average molecular weight is 277 g/mol. The number of benzene rings is 1. The molecule has 0 aliphatic heterocycles. The van der Waals surface area contributed by atoms with Crippen molar-refractivity contribution in [3.63, 3.8) is 0 Å². The Morgan fingerprint density at radius 1 is 1.43 bits per heavy atom. The smallest absolute Gasteiger partial charge is 0.0551 e. The SMILES string of the molecule is CNCC(C)(C)c1ccc(Br)c(Cl)c1. The van der Waals surface area contributed by atoms with E-state index in [0.29, 0.717) is 0 Å². The van der Waals surface area contributed by atoms with E-state index in [9.17, 15) is 0 Å². The van der Waals surface area contributed by atoms with Crippen molar-refractivity contribution >= 4 is 27.5 Å². The molecule has 0 aliphatic rings. The van der Waals surface area contributed by atoms with Gasteiger partial charge in [0.15, 0.2) is 0 Å². The minimum absolute atomic E-state index is 0.110. The van der Waals surface area contributed by atoms with Crippen LogP contribution < -0.4 is 5.32 Å². The molecule has 0 unspecified atom stereocenters. The summed E-state index contributed by atoms with van der Waals surface area (Å²) < 4.78 is 0.947. The van der Waals surface area contributed by atoms with E-state index in [1.807, 2.05) is 19.2 Å². The molecule has 0 amide bonds. The van der Waals surface area contributed by atoms with Gasteiger partial charge in [-0.05, 0) is 40.7 Å². The summed E-state index contributed by atoms with van der Waals surface area (Å²) in [6.07, 6.45) is 0. The van der Waals surface area contributed by atoms with Crippen LogP contribution >= 0.6 is 27.5 Å². The molecule has 1 rings (SSSR count). The number of hydrogen-bond donors (Lipinski definition) is 1. The van der Waals surface area contributed by atoms with E-state index in [2.05, 4.69) is 41.2 Å². The van der Waals surface area contributed by atoms with Crippen LogP contribution in [0.4, 0.5) is 0 Å². The molecule has 14 heavy (non-hydrogen) atoms. The Morgan fingerprint density at radius 3 is 2.57 bits per heavy atom. The summed E-state index contributed by atoms with van der Waals surface area (Å²) in [6, 6.07) is 6.12. The van der Waals surface area contributed by atoms with Crippen molar-refractivity contribution in [2.45, 2.75) is 19.3 Å². The van der Waals surface area contributed by atoms with Gasteiger partial charge in [-0.25, -0.2) is 0 Å². The third-order valence-electron chi connectivity index (χ3n) is 2.32. The minimum atomic E-state index is 0.110. The monoisotopic (exact) mass is 275 g/mol. The fourth-order valence-electron chi connectivity index (χ4n) is 1.46. The van der Waals surface area contributed by atoms with E-state index in [0.717, 1.165) is 16.0 Å². The van der Waals surface area contributed by atoms with Crippen molar-refractivity contribution in [1.82, 2.24) is 5.32 Å². The quantitative estimate of drug-likeness (QED) is 0.889. The van der Waals surface area contributed by atoms with Crippen LogP contribution in [0.25, 0.3) is 0 Å². The Kier molecular flexibility index (Phi) is 3.99. The molecule has 0 aliphatic carbocycles. The molecule has 3 heteroatoms. The zero-order valence-corrected chi connectivity index (χ0v) is 11.0. The number of halogens is 2. The fourth-order valence-corrected chi connectivity index (χ4v) is 1.89. The van der Waals surface area contributed by atoms with Crippen molar-refractivity contribution in [1.29, 1.82) is 0 Å². The lowest BCUT2D eigenvalue weighted by Crippen LogP contribution is -2.30. The molecule has 1 N–H and O–H groups in total. The highest BCUT2D eigenvalue weighted by atomic mass is 79.9. The Hall–Kier alpha value is -0.0500. The van der Waals surface area contributed by atoms with Gasteiger partial charge in [-0.3, -0.25) is 0 Å². The van der Waals surface area contributed by atoms with E-state index < -0.39 is 0 Å². The highest BCUT2D eigenvalue weighted by Gasteiger charge is 2.19. The molecule has 0 radical (unpaired) electrons. The third kappa shape index (κ3) is 2.72. The topological polar surface area (TPSA) is 12.0 Å². The van der Waals surface area contributed by atoms with Crippen LogP contribution in [-0.4, -0.2) is 13.6 Å². The normalized spacial score (nSPS) is 11.8. The van der Waals surface area contributed by atoms with E-state index in [1.165, 1.54) is 5.56 Å². The predicted octanol–water partition coefficient (Wildman–Crippen LogP) is 3.60. The first-order chi connectivity index (χ1) is 6.47. The van der Waals surface area contributed by atoms with Crippen molar-refractivity contribution in [3.05, 3.63) is 33.3 Å². The fraction of sp³-hybridized carbons (Fsp3) is 0.455. The van der Waals surface area contributed by atoms with Gasteiger partial charge in [-0.2, -0.15) is 0 Å². The number of nitrogens with one attached hydrogen (secondary N) is 1. The summed E-state index contributed by atoms with van der Waals surface area (Å²) in [6.45, 7) is 5.33. The molecular weight excluding hydrogens is 261 g/mol. The molecule has 0 spiro atoms. The molecule has 0 bridgehead atoms. The highest BCUT2D eigenvalue weighted by Crippen LogP contribution is 2.29. The zero-order chi connectivity index (χ0) is 10.8. The second-order valence-corrected chi connectivity index (χ2v) is 5.30. The molecule has 0 fully saturated rings. The molecule has 78 valence electrons. The van der Waals surface area contributed by atoms with Gasteiger partial charge in [0.1, 0.15) is 0 Å². The standard InChI is InChI=1S/C11H15BrClN/c1-11(2,7-14-3)8-4-5-9(12)10(13)6-8/h4-6,14H,7H2,1-3H3. The number of rotatable bonds is 3. The van der Waals surface area contributed by atoms with Gasteiger partial charge in [-0.1, -0.05) is 31.5 Å². The average Bonchev–Trinajstić information content (AvgIpc) is 2.09. The van der Waals surface area contributed by atoms with Crippen LogP contribution in [0.5, 0.6) is 0 Å². The van der Waals surface area contributed by atoms with Crippen LogP contribution in [0.3, 0.4) is 0 Å². The van der Waals surface area contributed by atoms with Gasteiger partial charge >= 0.3 is 0 Å². The number of hydrogen-bond acceptors (Lipinski definition) is 1. The maximum Gasteiger partial charge on any atom is 0.0551 e. The summed E-state index contributed by atoms with van der Waals surface area (Å²) >= 11 is 9.44. The lowest BCUT2D eigenvalue weighted by atomic mass is 9.85. The maximum absolute atomic E-state index is 6.05. The molecular formula is C11H15BrClN. The van der Waals surface area contributed by atoms with Gasteiger partial charge in [0.25, 0.3) is 0 Å². The van der Waals surface area contributed by atoms with Gasteiger partial charge in [0.05, 0.1) is 5.02 Å². The molecule has 0 heterocycles. The van der Waals surface area contributed by atoms with Crippen LogP contribution in [0, 0.1) is 0 Å². The van der Waals surface area contributed by atoms with E-state index >= 15 is 0 Å². The molecule has 0 aromatic heterocycles. The third-order valence-corrected chi connectivity index (χ3v) is 3.55. The lowest BCUT2D eigenvalue weighted by Gasteiger charge is -2.25. The first-order valence-electron chi connectivity index (χ1n) is 4.57. The second kappa shape index (κ2) is 4.65. The Bertz CT molecular complexity index is 323. The summed E-state index contributed by atoms with van der Waals surface area (Å²) in [5, 5.41) is 3.96. The molecule has 1 aromatic rings. The highest BCUT2D eigenvalue weighted by molar-refractivity contribution is 9.10. The van der Waals surface area contributed by atoms with Crippen LogP contribution in [0.2, 0.25) is 5.02 Å². The van der Waals surface area contributed by atoms with Gasteiger partial charge < -0.3 is 5.32 Å². The molecule has 0 saturated carbocycles. The molecule has 1 aromatic carbocycles. The van der Waals surface area contributed by atoms with Crippen molar-refractivity contribution < 1.29 is 0 Å². The second-order valence-electron chi connectivity index (χ2n) is 4.04. The first kappa shape index (κ1) is 12.0. The van der Waals surface area contributed by atoms with E-state index in [4.69, 9.17) is 11.6 Å². The van der Waals surface area contributed by atoms with Gasteiger partial charge in [-0.15, -0.1) is 0 Å². The van der Waals surface area contributed by atoms with Gasteiger partial charge in [0.2, 0.25) is 0 Å². The molecule has 0 atom stereocenters. The molecule has 1 nitrogen and oxygen atoms in total. The number of likely N-dealkylation sites (N-methyl/N-ethyl adjacent to an activating group) is 1. The van der Waals surface area contributed by atoms with Crippen molar-refractivity contribution in [2.24, 2.45) is 0 Å². The molecule has 0 saturated heterocycles. The van der Waals surface area contributed by atoms with E-state index in [-0.39, 0.29) is 5.41 Å². The zero-order valence-electron chi connectivity index (χ0n) is 8.70. The summed E-state index contributed by atoms with van der Waals surface area (Å²) in [4.78, 5) is 0. The van der Waals surface area contributed by atoms with Crippen LogP contribution in [0.15, 0.2) is 22.7 Å². The minimum Gasteiger partial charge on any atom is -0.319 e. The maximum atomic E-state index is 6.05. The van der Waals surface area contributed by atoms with Crippen molar-refractivity contribution in [3.8, 4) is 0 Å². The first-order valence-corrected chi connectivity index (χ1v) is 5.74. The lowest BCUT2D eigenvalue weighted by molar-refractivity contribution is 0.494. The summed E-state index contributed by atoms with van der Waals surface area (Å²) in [5.41, 5.74) is 1.36.